The van der Waals surface area contributed by atoms with Crippen LogP contribution in [0.15, 0.2) is 23.1 Å². The van der Waals surface area contributed by atoms with Crippen molar-refractivity contribution >= 4 is 17.7 Å². The first-order chi connectivity index (χ1) is 11.7. The Bertz CT molecular complexity index is 607. The van der Waals surface area contributed by atoms with Crippen molar-refractivity contribution in [2.24, 2.45) is 5.92 Å². The summed E-state index contributed by atoms with van der Waals surface area (Å²) in [5.74, 6) is -1.11. The van der Waals surface area contributed by atoms with Crippen molar-refractivity contribution in [1.82, 2.24) is 5.32 Å². The van der Waals surface area contributed by atoms with Crippen molar-refractivity contribution in [2.45, 2.75) is 46.6 Å². The zero-order valence-electron chi connectivity index (χ0n) is 15.7. The monoisotopic (exact) mass is 353 g/mol. The van der Waals surface area contributed by atoms with Crippen LogP contribution in [0.4, 0.5) is 0 Å². The molecule has 1 aliphatic rings. The van der Waals surface area contributed by atoms with Gasteiger partial charge in [-0.15, -0.1) is 0 Å². The SMILES string of the molecule is CC[C@@H](C)C(=O)O[C@@]1(C)C(=O)C(C)=C(OC)C=C1NCCOC(C)=O. The highest BCUT2D eigenvalue weighted by Gasteiger charge is 2.46. The largest absolute Gasteiger partial charge is 0.496 e. The van der Waals surface area contributed by atoms with E-state index in [1.54, 1.807) is 26.8 Å². The molecule has 0 aromatic heterocycles. The first-order valence-electron chi connectivity index (χ1n) is 8.29. The van der Waals surface area contributed by atoms with Crippen molar-refractivity contribution < 1.29 is 28.6 Å². The average Bonchev–Trinajstić information content (AvgIpc) is 2.57. The van der Waals surface area contributed by atoms with Crippen LogP contribution in [0.25, 0.3) is 0 Å². The molecule has 0 unspecified atom stereocenters. The van der Waals surface area contributed by atoms with Gasteiger partial charge in [-0.1, -0.05) is 13.8 Å². The third-order valence-electron chi connectivity index (χ3n) is 4.20. The maximum atomic E-state index is 12.8. The van der Waals surface area contributed by atoms with Crippen LogP contribution in [-0.2, 0) is 28.6 Å². The van der Waals surface area contributed by atoms with Crippen LogP contribution in [0.1, 0.15) is 41.0 Å². The van der Waals surface area contributed by atoms with Gasteiger partial charge in [0.05, 0.1) is 18.7 Å². The van der Waals surface area contributed by atoms with Gasteiger partial charge in [-0.25, -0.2) is 0 Å². The number of methoxy groups -OCH3 is 1. The van der Waals surface area contributed by atoms with Crippen molar-refractivity contribution in [3.05, 3.63) is 23.1 Å². The Morgan fingerprint density at radius 1 is 1.36 bits per heavy atom. The van der Waals surface area contributed by atoms with Crippen molar-refractivity contribution in [1.29, 1.82) is 0 Å². The smallest absolute Gasteiger partial charge is 0.310 e. The normalized spacial score (nSPS) is 21.4. The van der Waals surface area contributed by atoms with Crippen LogP contribution in [-0.4, -0.2) is 43.6 Å². The summed E-state index contributed by atoms with van der Waals surface area (Å²) in [5.41, 5.74) is -0.695. The third kappa shape index (κ3) is 4.84. The number of Topliss-reactive ketones (excluding diaryl/α,β-unsaturated/α-hetero) is 1. The quantitative estimate of drug-likeness (QED) is 0.526. The summed E-state index contributed by atoms with van der Waals surface area (Å²) in [6.07, 6.45) is 2.24. The molecule has 25 heavy (non-hydrogen) atoms. The molecular weight excluding hydrogens is 326 g/mol. The van der Waals surface area contributed by atoms with Gasteiger partial charge in [0.25, 0.3) is 0 Å². The molecule has 0 saturated heterocycles. The number of allylic oxidation sites excluding steroid dienone is 1. The Labute approximate surface area is 148 Å². The summed E-state index contributed by atoms with van der Waals surface area (Å²) >= 11 is 0. The first-order valence-corrected chi connectivity index (χ1v) is 8.29. The van der Waals surface area contributed by atoms with Gasteiger partial charge in [0, 0.05) is 25.1 Å². The molecule has 0 saturated carbocycles. The van der Waals surface area contributed by atoms with Gasteiger partial charge in [-0.3, -0.25) is 14.4 Å². The van der Waals surface area contributed by atoms with E-state index >= 15 is 0 Å². The predicted octanol–water partition coefficient (Wildman–Crippen LogP) is 1.87. The molecule has 0 heterocycles. The molecular formula is C18H27NO6. The molecule has 140 valence electrons. The minimum atomic E-state index is -1.47. The third-order valence-corrected chi connectivity index (χ3v) is 4.20. The van der Waals surface area contributed by atoms with E-state index in [2.05, 4.69) is 5.32 Å². The second kappa shape index (κ2) is 8.69. The molecule has 1 aliphatic carbocycles. The Morgan fingerprint density at radius 3 is 2.52 bits per heavy atom. The van der Waals surface area contributed by atoms with E-state index in [4.69, 9.17) is 14.2 Å². The molecule has 0 amide bonds. The van der Waals surface area contributed by atoms with Crippen LogP contribution >= 0.6 is 0 Å². The number of ether oxygens (including phenoxy) is 3. The minimum Gasteiger partial charge on any atom is -0.496 e. The Morgan fingerprint density at radius 2 is 2.00 bits per heavy atom. The van der Waals surface area contributed by atoms with Gasteiger partial charge in [0.1, 0.15) is 12.4 Å². The van der Waals surface area contributed by atoms with E-state index in [1.165, 1.54) is 14.0 Å². The minimum absolute atomic E-state index is 0.126. The summed E-state index contributed by atoms with van der Waals surface area (Å²) in [6, 6.07) is 0. The predicted molar refractivity (Wildman–Crippen MR) is 91.4 cm³/mol. The number of ketones is 1. The second-order valence-corrected chi connectivity index (χ2v) is 6.11. The Balaban J connectivity index is 3.07. The summed E-state index contributed by atoms with van der Waals surface area (Å²) in [4.78, 5) is 36.0. The van der Waals surface area contributed by atoms with Gasteiger partial charge in [0.15, 0.2) is 0 Å². The molecule has 0 aromatic rings. The van der Waals surface area contributed by atoms with Gasteiger partial charge >= 0.3 is 11.9 Å². The van der Waals surface area contributed by atoms with Gasteiger partial charge in [0.2, 0.25) is 11.4 Å². The summed E-state index contributed by atoms with van der Waals surface area (Å²) in [5, 5.41) is 3.02. The van der Waals surface area contributed by atoms with Crippen molar-refractivity contribution in [3.8, 4) is 0 Å². The van der Waals surface area contributed by atoms with E-state index in [-0.39, 0.29) is 24.9 Å². The summed E-state index contributed by atoms with van der Waals surface area (Å²) in [6.45, 7) is 8.51. The van der Waals surface area contributed by atoms with E-state index in [9.17, 15) is 14.4 Å². The van der Waals surface area contributed by atoms with Crippen LogP contribution in [0.5, 0.6) is 0 Å². The van der Waals surface area contributed by atoms with Gasteiger partial charge < -0.3 is 19.5 Å². The molecule has 2 atom stereocenters. The fourth-order valence-electron chi connectivity index (χ4n) is 2.35. The van der Waals surface area contributed by atoms with Crippen molar-refractivity contribution in [3.63, 3.8) is 0 Å². The van der Waals surface area contributed by atoms with Gasteiger partial charge in [-0.05, 0) is 20.3 Å². The molecule has 0 aromatic carbocycles. The number of nitrogens with one attached hydrogen (secondary N) is 1. The molecule has 1 N–H and O–H groups in total. The highest BCUT2D eigenvalue weighted by molar-refractivity contribution is 6.06. The summed E-state index contributed by atoms with van der Waals surface area (Å²) in [7, 11) is 1.47. The fraction of sp³-hybridized carbons (Fsp3) is 0.611. The number of esters is 2. The molecule has 1 rings (SSSR count). The summed E-state index contributed by atoms with van der Waals surface area (Å²) < 4.78 is 15.7. The molecule has 0 bridgehead atoms. The lowest BCUT2D eigenvalue weighted by Gasteiger charge is -2.35. The zero-order chi connectivity index (χ0) is 19.2. The molecule has 0 spiro atoms. The van der Waals surface area contributed by atoms with E-state index in [0.717, 1.165) is 0 Å². The lowest BCUT2D eigenvalue weighted by Crippen LogP contribution is -2.50. The first kappa shape index (κ1) is 20.7. The van der Waals surface area contributed by atoms with Crippen LogP contribution in [0.3, 0.4) is 0 Å². The van der Waals surface area contributed by atoms with Gasteiger partial charge in [-0.2, -0.15) is 0 Å². The van der Waals surface area contributed by atoms with E-state index in [0.29, 0.717) is 23.5 Å². The number of carbonyl (C=O) groups is 3. The maximum Gasteiger partial charge on any atom is 0.310 e. The Hall–Kier alpha value is -2.31. The molecule has 0 fully saturated rings. The van der Waals surface area contributed by atoms with Crippen LogP contribution < -0.4 is 5.32 Å². The van der Waals surface area contributed by atoms with Crippen LogP contribution in [0, 0.1) is 5.92 Å². The van der Waals surface area contributed by atoms with Crippen LogP contribution in [0.2, 0.25) is 0 Å². The molecule has 7 nitrogen and oxygen atoms in total. The topological polar surface area (TPSA) is 90.9 Å². The fourth-order valence-corrected chi connectivity index (χ4v) is 2.35. The van der Waals surface area contributed by atoms with Crippen molar-refractivity contribution in [2.75, 3.05) is 20.3 Å². The highest BCUT2D eigenvalue weighted by atomic mass is 16.6. The standard InChI is InChI=1S/C18H27NO6/c1-7-11(2)17(22)25-18(5)15(19-8-9-24-13(4)20)10-14(23-6)12(3)16(18)21/h10-11,19H,7-9H2,1-6H3/t11-,18-/m1/s1. The maximum absolute atomic E-state index is 12.8. The zero-order valence-corrected chi connectivity index (χ0v) is 15.7. The second-order valence-electron chi connectivity index (χ2n) is 6.11. The lowest BCUT2D eigenvalue weighted by atomic mass is 9.86. The molecule has 7 heteroatoms. The van der Waals surface area contributed by atoms with E-state index < -0.39 is 17.5 Å². The number of hydrogen-bond donors (Lipinski definition) is 1. The average molecular weight is 353 g/mol. The Kier molecular flexibility index (Phi) is 7.21. The van der Waals surface area contributed by atoms with E-state index in [1.807, 2.05) is 6.92 Å². The lowest BCUT2D eigenvalue weighted by molar-refractivity contribution is -0.165. The highest BCUT2D eigenvalue weighted by Crippen LogP contribution is 2.32. The number of carbonyl (C=O) groups excluding carboxylic acids is 3. The molecule has 0 aliphatic heterocycles. The number of rotatable bonds is 8. The molecule has 0 radical (unpaired) electrons. The number of hydrogen-bond acceptors (Lipinski definition) is 7.